The molecule has 0 aromatic carbocycles. The van der Waals surface area contributed by atoms with Crippen LogP contribution < -0.4 is 9.64 Å². The van der Waals surface area contributed by atoms with Crippen LogP contribution in [0.25, 0.3) is 10.9 Å². The molecule has 3 fully saturated rings. The summed E-state index contributed by atoms with van der Waals surface area (Å²) in [7, 11) is 0. The first kappa shape index (κ1) is 33.4. The number of ether oxygens (including phenoxy) is 4. The molecule has 6 rings (SSSR count). The van der Waals surface area contributed by atoms with Crippen LogP contribution in [-0.2, 0) is 20.4 Å². The van der Waals surface area contributed by atoms with Crippen molar-refractivity contribution in [2.24, 2.45) is 0 Å². The summed E-state index contributed by atoms with van der Waals surface area (Å²) in [6, 6.07) is 2.41. The minimum atomic E-state index is -4.84. The third kappa shape index (κ3) is 7.03. The maximum absolute atomic E-state index is 14.6. The topological polar surface area (TPSA) is 101 Å². The molecular weight excluding hydrogens is 622 g/mol. The van der Waals surface area contributed by atoms with E-state index in [-0.39, 0.29) is 12.0 Å². The van der Waals surface area contributed by atoms with Gasteiger partial charge in [0.25, 0.3) is 5.88 Å². The highest BCUT2D eigenvalue weighted by Gasteiger charge is 2.42. The second-order valence-corrected chi connectivity index (χ2v) is 13.5. The van der Waals surface area contributed by atoms with Gasteiger partial charge in [-0.05, 0) is 72.3 Å². The van der Waals surface area contributed by atoms with Crippen molar-refractivity contribution in [2.75, 3.05) is 24.7 Å². The summed E-state index contributed by atoms with van der Waals surface area (Å²) in [6.07, 6.45) is 2.17. The van der Waals surface area contributed by atoms with E-state index in [4.69, 9.17) is 24.0 Å². The Labute approximate surface area is 270 Å². The average Bonchev–Trinajstić information content (AvgIpc) is 3.63. The van der Waals surface area contributed by atoms with Crippen molar-refractivity contribution in [1.82, 2.24) is 19.7 Å². The zero-order valence-corrected chi connectivity index (χ0v) is 27.1. The van der Waals surface area contributed by atoms with Crippen molar-refractivity contribution in [2.45, 2.75) is 115 Å². The molecule has 0 radical (unpaired) electrons. The molecule has 4 heterocycles. The molecule has 14 heteroatoms. The lowest BCUT2D eigenvalue weighted by Crippen LogP contribution is -2.37. The van der Waals surface area contributed by atoms with Crippen molar-refractivity contribution in [3.63, 3.8) is 0 Å². The van der Waals surface area contributed by atoms with Gasteiger partial charge in [-0.3, -0.25) is 9.58 Å². The molecule has 0 atom stereocenters. The highest BCUT2D eigenvalue weighted by Crippen LogP contribution is 2.45. The van der Waals surface area contributed by atoms with Crippen LogP contribution in [0.1, 0.15) is 102 Å². The van der Waals surface area contributed by atoms with Crippen LogP contribution in [-0.4, -0.2) is 63.1 Å². The fraction of sp³-hybridized carbons (Fsp3) is 0.636. The number of halogens is 4. The summed E-state index contributed by atoms with van der Waals surface area (Å²) in [5, 5.41) is 6.07. The van der Waals surface area contributed by atoms with E-state index < -0.39 is 47.0 Å². The van der Waals surface area contributed by atoms with Gasteiger partial charge in [0.05, 0.1) is 36.0 Å². The molecule has 0 bridgehead atoms. The fourth-order valence-corrected chi connectivity index (χ4v) is 6.88. The largest absolute Gasteiger partial charge is 0.472 e. The molecule has 256 valence electrons. The molecule has 47 heavy (non-hydrogen) atoms. The Bertz CT molecular complexity index is 1580. The smallest absolute Gasteiger partial charge is 0.419 e. The van der Waals surface area contributed by atoms with E-state index in [9.17, 15) is 22.4 Å². The van der Waals surface area contributed by atoms with Crippen LogP contribution >= 0.6 is 0 Å². The van der Waals surface area contributed by atoms with E-state index in [1.165, 1.54) is 4.90 Å². The summed E-state index contributed by atoms with van der Waals surface area (Å²) in [6.45, 7) is 8.83. The van der Waals surface area contributed by atoms with Crippen LogP contribution in [0, 0.1) is 5.82 Å². The predicted octanol–water partition coefficient (Wildman–Crippen LogP) is 7.71. The van der Waals surface area contributed by atoms with Crippen molar-refractivity contribution < 1.29 is 41.3 Å². The lowest BCUT2D eigenvalue weighted by molar-refractivity contribution is -0.178. The number of anilines is 1. The quantitative estimate of drug-likeness (QED) is 0.247. The summed E-state index contributed by atoms with van der Waals surface area (Å²) < 4.78 is 79.5. The average molecular weight is 664 g/mol. The Balaban J connectivity index is 1.26. The molecule has 0 unspecified atom stereocenters. The van der Waals surface area contributed by atoms with E-state index in [2.05, 4.69) is 9.97 Å². The molecule has 3 aliphatic rings. The summed E-state index contributed by atoms with van der Waals surface area (Å²) in [5.41, 5.74) is -0.318. The molecule has 1 saturated heterocycles. The second kappa shape index (κ2) is 12.8. The monoisotopic (exact) mass is 663 g/mol. The Hall–Kier alpha value is -3.52. The molecule has 1 aliphatic heterocycles. The highest BCUT2D eigenvalue weighted by atomic mass is 19.4. The number of hydrogen-bond donors (Lipinski definition) is 0. The van der Waals surface area contributed by atoms with E-state index >= 15 is 0 Å². The van der Waals surface area contributed by atoms with E-state index in [1.807, 2.05) is 38.4 Å². The predicted molar refractivity (Wildman–Crippen MR) is 164 cm³/mol. The molecular formula is C33H41F4N5O5. The number of carbonyl (C=O) groups excluding carboxylic acids is 1. The van der Waals surface area contributed by atoms with Gasteiger partial charge in [-0.1, -0.05) is 0 Å². The van der Waals surface area contributed by atoms with E-state index in [0.717, 1.165) is 48.5 Å². The highest BCUT2D eigenvalue weighted by molar-refractivity contribution is 5.91. The van der Waals surface area contributed by atoms with Crippen molar-refractivity contribution in [1.29, 1.82) is 0 Å². The van der Waals surface area contributed by atoms with Crippen LogP contribution in [0.5, 0.6) is 5.88 Å². The normalized spacial score (nSPS) is 22.1. The second-order valence-electron chi connectivity index (χ2n) is 13.5. The summed E-state index contributed by atoms with van der Waals surface area (Å²) in [4.78, 5) is 23.0. The van der Waals surface area contributed by atoms with E-state index in [0.29, 0.717) is 57.3 Å². The Morgan fingerprint density at radius 2 is 1.74 bits per heavy atom. The number of aromatic nitrogens is 4. The SMILES string of the molecule is CCN(C(=O)OC(C)(C)C)c1cc2c(cn1)c(C1CCC3(CC1)OCCO3)nn2[C@H]1CC[C@@H](Oc2nccc(C(F)(F)F)c2F)CC1. The number of alkyl halides is 3. The number of amides is 1. The first-order valence-corrected chi connectivity index (χ1v) is 16.3. The lowest BCUT2D eigenvalue weighted by Gasteiger charge is -2.34. The van der Waals surface area contributed by atoms with E-state index in [1.54, 1.807) is 6.20 Å². The Kier molecular flexibility index (Phi) is 9.11. The molecule has 0 N–H and O–H groups in total. The number of hydrogen-bond acceptors (Lipinski definition) is 8. The molecule has 1 spiro atoms. The zero-order chi connectivity index (χ0) is 33.6. The summed E-state index contributed by atoms with van der Waals surface area (Å²) in [5.74, 6) is -2.05. The van der Waals surface area contributed by atoms with Crippen molar-refractivity contribution in [3.05, 3.63) is 41.6 Å². The Morgan fingerprint density at radius 1 is 1.06 bits per heavy atom. The number of nitrogens with zero attached hydrogens (tertiary/aromatic N) is 5. The lowest BCUT2D eigenvalue weighted by atomic mass is 9.82. The first-order valence-electron chi connectivity index (χ1n) is 16.3. The Morgan fingerprint density at radius 3 is 2.36 bits per heavy atom. The van der Waals surface area contributed by atoms with Gasteiger partial charge in [0, 0.05) is 49.2 Å². The van der Waals surface area contributed by atoms with Gasteiger partial charge in [-0.15, -0.1) is 0 Å². The van der Waals surface area contributed by atoms with Gasteiger partial charge >= 0.3 is 12.3 Å². The van der Waals surface area contributed by atoms with Crippen molar-refractivity contribution in [3.8, 4) is 5.88 Å². The van der Waals surface area contributed by atoms with Crippen molar-refractivity contribution >= 4 is 22.8 Å². The minimum absolute atomic E-state index is 0.0614. The third-order valence-corrected chi connectivity index (χ3v) is 9.19. The number of fused-ring (bicyclic) bond motifs is 1. The standard InChI is InChI=1S/C33H41F4N5O5/c1-5-41(30(43)47-31(2,3)4)26-18-25-23(19-39-26)28(20-10-13-32(14-11-20)44-16-17-45-32)40-42(25)21-6-8-22(9-7-21)46-29-27(34)24(12-15-38-29)33(35,36)37/h12,15,18-22H,5-11,13-14,16-17H2,1-4H3/t21-,22+. The fourth-order valence-electron chi connectivity index (χ4n) is 6.88. The molecule has 2 aliphatic carbocycles. The van der Waals surface area contributed by atoms with Crippen LogP contribution in [0.3, 0.4) is 0 Å². The molecule has 2 saturated carbocycles. The number of carbonyl (C=O) groups is 1. The number of rotatable bonds is 6. The molecule has 3 aromatic heterocycles. The first-order chi connectivity index (χ1) is 22.3. The van der Waals surface area contributed by atoms with Gasteiger partial charge in [0.15, 0.2) is 11.6 Å². The third-order valence-electron chi connectivity index (χ3n) is 9.19. The molecule has 3 aromatic rings. The zero-order valence-electron chi connectivity index (χ0n) is 27.1. The molecule has 10 nitrogen and oxygen atoms in total. The molecule has 1 amide bonds. The van der Waals surface area contributed by atoms with Gasteiger partial charge in [0.2, 0.25) is 0 Å². The van der Waals surface area contributed by atoms with Crippen LogP contribution in [0.2, 0.25) is 0 Å². The minimum Gasteiger partial charge on any atom is -0.472 e. The summed E-state index contributed by atoms with van der Waals surface area (Å²) >= 11 is 0. The van der Waals surface area contributed by atoms with Gasteiger partial charge in [-0.25, -0.2) is 19.2 Å². The van der Waals surface area contributed by atoms with Gasteiger partial charge in [-0.2, -0.15) is 18.3 Å². The number of pyridine rings is 2. The van der Waals surface area contributed by atoms with Gasteiger partial charge < -0.3 is 18.9 Å². The maximum atomic E-state index is 14.6. The van der Waals surface area contributed by atoms with Crippen LogP contribution in [0.4, 0.5) is 28.2 Å². The maximum Gasteiger partial charge on any atom is 0.419 e. The van der Waals surface area contributed by atoms with Gasteiger partial charge in [0.1, 0.15) is 17.5 Å². The van der Waals surface area contributed by atoms with Crippen LogP contribution in [0.15, 0.2) is 24.5 Å².